The minimum absolute atomic E-state index is 0.699. The smallest absolute Gasteiger partial charge is 0.138 e. The first-order valence-electron chi connectivity index (χ1n) is 18.7. The van der Waals surface area contributed by atoms with Crippen LogP contribution in [0.25, 0.3) is 38.8 Å². The van der Waals surface area contributed by atoms with Gasteiger partial charge in [-0.2, -0.15) is 5.06 Å². The fourth-order valence-corrected chi connectivity index (χ4v) is 8.60. The van der Waals surface area contributed by atoms with Gasteiger partial charge >= 0.3 is 0 Å². The Hall–Kier alpha value is -6.95. The van der Waals surface area contributed by atoms with Crippen molar-refractivity contribution >= 4 is 38.9 Å². The van der Waals surface area contributed by atoms with Gasteiger partial charge in [0, 0.05) is 24.0 Å². The highest BCUT2D eigenvalue weighted by molar-refractivity contribution is 6.09. The predicted octanol–water partition coefficient (Wildman–Crippen LogP) is 12.0. The number of benzene rings is 7. The topological polar surface area (TPSA) is 33.5 Å². The van der Waals surface area contributed by atoms with Crippen molar-refractivity contribution < 1.29 is 4.94 Å². The highest BCUT2D eigenvalue weighted by Gasteiger charge is 2.40. The Labute approximate surface area is 320 Å². The maximum Gasteiger partial charge on any atom is 0.138 e. The summed E-state index contributed by atoms with van der Waals surface area (Å²) in [5.74, 6) is 0.880. The van der Waals surface area contributed by atoms with Gasteiger partial charge in [-0.15, -0.1) is 4.94 Å². The molecule has 9 aromatic rings. The molecule has 2 aromatic heterocycles. The van der Waals surface area contributed by atoms with Crippen LogP contribution >= 0.6 is 0 Å². The number of aryl methyl sites for hydroxylation is 1. The van der Waals surface area contributed by atoms with Gasteiger partial charge in [-0.05, 0) is 94.4 Å². The third-order valence-corrected chi connectivity index (χ3v) is 11.1. The fourth-order valence-electron chi connectivity index (χ4n) is 8.60. The Morgan fingerprint density at radius 2 is 1.15 bits per heavy atom. The van der Waals surface area contributed by atoms with Crippen LogP contribution in [0.5, 0.6) is 0 Å². The highest BCUT2D eigenvalue weighted by atomic mass is 16.8. The number of hydrogen-bond donors (Lipinski definition) is 0. The second-order valence-corrected chi connectivity index (χ2v) is 14.2. The first kappa shape index (κ1) is 32.7. The largest absolute Gasteiger partial charge is 0.294 e. The summed E-state index contributed by atoms with van der Waals surface area (Å²) < 4.78 is 2.33. The van der Waals surface area contributed by atoms with Crippen LogP contribution in [0.3, 0.4) is 0 Å². The van der Waals surface area contributed by atoms with E-state index in [-0.39, 0.29) is 0 Å². The average Bonchev–Trinajstić information content (AvgIpc) is 3.76. The number of hydroxylamine groups is 1. The molecule has 1 aliphatic rings. The molecule has 264 valence electrons. The third kappa shape index (κ3) is 5.24. The molecule has 0 radical (unpaired) electrons. The number of para-hydroxylation sites is 3. The maximum atomic E-state index is 6.36. The highest BCUT2D eigenvalue weighted by Crippen LogP contribution is 2.49. The molecule has 0 spiro atoms. The number of aromatic nitrogens is 2. The zero-order valence-corrected chi connectivity index (χ0v) is 30.7. The molecule has 0 amide bonds. The van der Waals surface area contributed by atoms with Crippen molar-refractivity contribution in [1.82, 2.24) is 9.55 Å². The lowest BCUT2D eigenvalue weighted by Gasteiger charge is -2.37. The first-order chi connectivity index (χ1) is 27.1. The zero-order chi connectivity index (χ0) is 36.9. The Bertz CT molecular complexity index is 2810. The van der Waals surface area contributed by atoms with Crippen molar-refractivity contribution in [3.05, 3.63) is 222 Å². The molecule has 10 rings (SSSR count). The summed E-state index contributed by atoms with van der Waals surface area (Å²) in [5.41, 5.74) is 12.7. The lowest BCUT2D eigenvalue weighted by Crippen LogP contribution is -2.31. The lowest BCUT2D eigenvalue weighted by atomic mass is 9.65. The molecular weight excluding hydrogens is 673 g/mol. The molecule has 55 heavy (non-hydrogen) atoms. The molecule has 1 aliphatic heterocycles. The van der Waals surface area contributed by atoms with E-state index in [1.54, 1.807) is 0 Å². The summed E-state index contributed by atoms with van der Waals surface area (Å²) in [6, 6.07) is 67.4. The Morgan fingerprint density at radius 1 is 0.509 bits per heavy atom. The predicted molar refractivity (Wildman–Crippen MR) is 225 cm³/mol. The van der Waals surface area contributed by atoms with Crippen LogP contribution in [0.15, 0.2) is 194 Å². The molecule has 0 atom stereocenters. The Balaban J connectivity index is 1.25. The number of rotatable bonds is 7. The van der Waals surface area contributed by atoms with Gasteiger partial charge in [-0.25, -0.2) is 10.0 Å². The van der Waals surface area contributed by atoms with Gasteiger partial charge in [0.05, 0.1) is 33.5 Å². The summed E-state index contributed by atoms with van der Waals surface area (Å²) in [6.07, 6.45) is 1.93. The normalized spacial score (nSPS) is 12.8. The molecular formula is C50H38N4O. The van der Waals surface area contributed by atoms with E-state index in [0.29, 0.717) is 0 Å². The average molecular weight is 711 g/mol. The lowest BCUT2D eigenvalue weighted by molar-refractivity contribution is 0.142. The van der Waals surface area contributed by atoms with Crippen molar-refractivity contribution in [1.29, 1.82) is 0 Å². The SMILES string of the molecule is Cc1ccccc1-c1ccnc(-n2c3ccccc3c3ccc(C(c4ccccc4)(c4ccccc4)c4cccc(N5ON(C)c6ccccc65)c4)cc32)c1. The number of fused-ring (bicyclic) bond motifs is 4. The molecule has 5 nitrogen and oxygen atoms in total. The monoisotopic (exact) mass is 710 g/mol. The summed E-state index contributed by atoms with van der Waals surface area (Å²) in [7, 11) is 1.95. The van der Waals surface area contributed by atoms with Gasteiger partial charge in [0.25, 0.3) is 0 Å². The van der Waals surface area contributed by atoms with Crippen LogP contribution in [0, 0.1) is 6.92 Å². The summed E-state index contributed by atoms with van der Waals surface area (Å²) in [4.78, 5) is 11.4. The van der Waals surface area contributed by atoms with E-state index in [1.807, 2.05) is 29.4 Å². The van der Waals surface area contributed by atoms with E-state index in [2.05, 4.69) is 193 Å². The molecule has 0 aliphatic carbocycles. The van der Waals surface area contributed by atoms with Gasteiger partial charge in [-0.1, -0.05) is 140 Å². The van der Waals surface area contributed by atoms with Crippen LogP contribution < -0.4 is 10.1 Å². The molecule has 5 heteroatoms. The van der Waals surface area contributed by atoms with Gasteiger partial charge < -0.3 is 0 Å². The van der Waals surface area contributed by atoms with Gasteiger partial charge in [-0.3, -0.25) is 4.57 Å². The number of anilines is 3. The fraction of sp³-hybridized carbons (Fsp3) is 0.0600. The van der Waals surface area contributed by atoms with Crippen LogP contribution in [0.4, 0.5) is 17.1 Å². The summed E-state index contributed by atoms with van der Waals surface area (Å²) in [6.45, 7) is 2.16. The maximum absolute atomic E-state index is 6.36. The van der Waals surface area contributed by atoms with Crippen LogP contribution in [-0.4, -0.2) is 16.6 Å². The Kier molecular flexibility index (Phi) is 7.82. The van der Waals surface area contributed by atoms with E-state index < -0.39 is 5.41 Å². The van der Waals surface area contributed by atoms with Crippen molar-refractivity contribution in [2.75, 3.05) is 17.2 Å². The van der Waals surface area contributed by atoms with E-state index >= 15 is 0 Å². The number of nitrogens with zero attached hydrogens (tertiary/aromatic N) is 4. The van der Waals surface area contributed by atoms with Crippen molar-refractivity contribution in [2.45, 2.75) is 12.3 Å². The van der Waals surface area contributed by atoms with E-state index in [9.17, 15) is 0 Å². The van der Waals surface area contributed by atoms with Crippen molar-refractivity contribution in [3.8, 4) is 16.9 Å². The third-order valence-electron chi connectivity index (χ3n) is 11.1. The van der Waals surface area contributed by atoms with Crippen LogP contribution in [-0.2, 0) is 10.4 Å². The minimum Gasteiger partial charge on any atom is -0.294 e. The second-order valence-electron chi connectivity index (χ2n) is 14.2. The first-order valence-corrected chi connectivity index (χ1v) is 18.7. The van der Waals surface area contributed by atoms with E-state index in [1.165, 1.54) is 33.0 Å². The standard InChI is InChI=1S/C50H38N4O/c1-35-16-9-10-23-42(35)36-30-31-51-49(32-36)53-45-25-12-11-24-43(45)44-29-28-40(34-48(44)53)50(37-17-5-3-6-18-37,38-19-7-4-8-20-38)39-21-15-22-41(33-39)54-47-27-14-13-26-46(47)52(2)55-54/h3-34H,1-2H3. The second kappa shape index (κ2) is 13.2. The van der Waals surface area contributed by atoms with E-state index in [4.69, 9.17) is 9.92 Å². The molecule has 0 N–H and O–H groups in total. The molecule has 7 aromatic carbocycles. The number of pyridine rings is 1. The van der Waals surface area contributed by atoms with Gasteiger partial charge in [0.15, 0.2) is 0 Å². The van der Waals surface area contributed by atoms with Crippen molar-refractivity contribution in [3.63, 3.8) is 0 Å². The molecule has 0 saturated carbocycles. The molecule has 0 saturated heterocycles. The van der Waals surface area contributed by atoms with Gasteiger partial charge in [0.1, 0.15) is 5.82 Å². The zero-order valence-electron chi connectivity index (χ0n) is 30.7. The number of hydrogen-bond acceptors (Lipinski definition) is 4. The summed E-state index contributed by atoms with van der Waals surface area (Å²) >= 11 is 0. The summed E-state index contributed by atoms with van der Waals surface area (Å²) in [5, 5.41) is 6.11. The molecule has 3 heterocycles. The van der Waals surface area contributed by atoms with Crippen LogP contribution in [0.1, 0.15) is 27.8 Å². The quantitative estimate of drug-likeness (QED) is 0.154. The Morgan fingerprint density at radius 3 is 1.93 bits per heavy atom. The van der Waals surface area contributed by atoms with E-state index in [0.717, 1.165) is 50.6 Å². The molecule has 0 unspecified atom stereocenters. The van der Waals surface area contributed by atoms with Crippen molar-refractivity contribution in [2.24, 2.45) is 0 Å². The van der Waals surface area contributed by atoms with Crippen LogP contribution in [0.2, 0.25) is 0 Å². The minimum atomic E-state index is -0.699. The van der Waals surface area contributed by atoms with Gasteiger partial charge in [0.2, 0.25) is 0 Å². The molecule has 0 fully saturated rings. The molecule has 0 bridgehead atoms.